The normalized spacial score (nSPS) is 11.4. The fraction of sp³-hybridized carbons (Fsp3) is 0.125. The van der Waals surface area contributed by atoms with Crippen LogP contribution in [0.5, 0.6) is 0 Å². The molecule has 0 spiro atoms. The third-order valence-electron chi connectivity index (χ3n) is 1.35. The number of hydrogen-bond acceptors (Lipinski definition) is 2. The van der Waals surface area contributed by atoms with Gasteiger partial charge >= 0.3 is 51.5 Å². The summed E-state index contributed by atoms with van der Waals surface area (Å²) in [7, 11) is 0. The van der Waals surface area contributed by atoms with Crippen LogP contribution >= 0.6 is 0 Å². The molecule has 0 bridgehead atoms. The summed E-state index contributed by atoms with van der Waals surface area (Å²) in [6.45, 7) is 0. The molecular formula is C8H10O3Sr. The van der Waals surface area contributed by atoms with E-state index in [0.717, 1.165) is 0 Å². The molecule has 0 saturated carbocycles. The second-order valence-electron chi connectivity index (χ2n) is 2.15. The molecule has 1 unspecified atom stereocenters. The zero-order valence-corrected chi connectivity index (χ0v) is 5.77. The van der Waals surface area contributed by atoms with Crippen LogP contribution in [0.3, 0.4) is 0 Å². The molecule has 0 aliphatic rings. The predicted octanol–water partition coefficient (Wildman–Crippen LogP) is -0.112. The van der Waals surface area contributed by atoms with Crippen molar-refractivity contribution >= 4 is 51.5 Å². The number of hydrogen-bond donors (Lipinski definition) is 2. The SMILES string of the molecule is O=C(O)C(O)c1ccccc1.[SrH2]. The van der Waals surface area contributed by atoms with Crippen molar-refractivity contribution in [3.05, 3.63) is 35.9 Å². The summed E-state index contributed by atoms with van der Waals surface area (Å²) in [6, 6.07) is 8.26. The first kappa shape index (κ1) is 12.1. The number of carbonyl (C=O) groups is 1. The molecule has 1 rings (SSSR count). The van der Waals surface area contributed by atoms with E-state index < -0.39 is 12.1 Å². The maximum absolute atomic E-state index is 10.2. The molecule has 1 aromatic carbocycles. The molecule has 1 atom stereocenters. The fourth-order valence-electron chi connectivity index (χ4n) is 0.778. The van der Waals surface area contributed by atoms with Crippen LogP contribution in [0.4, 0.5) is 0 Å². The van der Waals surface area contributed by atoms with Crippen LogP contribution in [0.25, 0.3) is 0 Å². The molecular weight excluding hydrogens is 232 g/mol. The van der Waals surface area contributed by atoms with E-state index in [9.17, 15) is 4.79 Å². The Hall–Kier alpha value is 0.131. The number of aliphatic hydroxyl groups is 1. The number of rotatable bonds is 2. The van der Waals surface area contributed by atoms with Crippen molar-refractivity contribution in [1.29, 1.82) is 0 Å². The molecule has 0 heterocycles. The number of aliphatic carboxylic acids is 1. The third kappa shape index (κ3) is 3.25. The first-order chi connectivity index (χ1) is 5.22. The first-order valence-corrected chi connectivity index (χ1v) is 3.17. The number of benzene rings is 1. The molecule has 0 aliphatic carbocycles. The van der Waals surface area contributed by atoms with E-state index in [-0.39, 0.29) is 45.5 Å². The van der Waals surface area contributed by atoms with Crippen molar-refractivity contribution < 1.29 is 15.0 Å². The molecule has 2 N–H and O–H groups in total. The zero-order chi connectivity index (χ0) is 8.27. The van der Waals surface area contributed by atoms with Gasteiger partial charge in [0, 0.05) is 0 Å². The Morgan fingerprint density at radius 1 is 1.25 bits per heavy atom. The standard InChI is InChI=1S/C8H8O3.Sr.2H/c9-7(8(10)11)6-4-2-1-3-5-6;;;/h1-5,7,9H,(H,10,11);;;. The van der Waals surface area contributed by atoms with Crippen molar-refractivity contribution in [2.24, 2.45) is 0 Å². The van der Waals surface area contributed by atoms with Crippen LogP contribution in [-0.2, 0) is 4.79 Å². The number of carboxylic acids is 1. The van der Waals surface area contributed by atoms with Crippen LogP contribution in [0.2, 0.25) is 0 Å². The van der Waals surface area contributed by atoms with E-state index in [1.54, 1.807) is 30.3 Å². The number of carboxylic acid groups (broad SMARTS) is 1. The van der Waals surface area contributed by atoms with Crippen molar-refractivity contribution in [2.75, 3.05) is 0 Å². The van der Waals surface area contributed by atoms with Gasteiger partial charge in [-0.15, -0.1) is 0 Å². The number of aliphatic hydroxyl groups excluding tert-OH is 1. The molecule has 4 heteroatoms. The van der Waals surface area contributed by atoms with E-state index in [1.807, 2.05) is 0 Å². The van der Waals surface area contributed by atoms with Gasteiger partial charge in [0.25, 0.3) is 0 Å². The van der Waals surface area contributed by atoms with Gasteiger partial charge in [-0.05, 0) is 5.56 Å². The Labute approximate surface area is 107 Å². The Kier molecular flexibility index (Phi) is 5.78. The average molecular weight is 242 g/mol. The van der Waals surface area contributed by atoms with Crippen LogP contribution in [-0.4, -0.2) is 61.7 Å². The van der Waals surface area contributed by atoms with Crippen molar-refractivity contribution in [3.8, 4) is 0 Å². The van der Waals surface area contributed by atoms with Gasteiger partial charge in [-0.1, -0.05) is 30.3 Å². The minimum atomic E-state index is -1.41. The van der Waals surface area contributed by atoms with Gasteiger partial charge in [0.15, 0.2) is 6.10 Å². The predicted molar refractivity (Wildman–Crippen MR) is 47.6 cm³/mol. The average Bonchev–Trinajstić information content (AvgIpc) is 2.05. The molecule has 3 nitrogen and oxygen atoms in total. The molecule has 0 saturated heterocycles. The van der Waals surface area contributed by atoms with Gasteiger partial charge in [0.1, 0.15) is 0 Å². The fourth-order valence-corrected chi connectivity index (χ4v) is 0.778. The van der Waals surface area contributed by atoms with E-state index >= 15 is 0 Å². The van der Waals surface area contributed by atoms with Crippen molar-refractivity contribution in [3.63, 3.8) is 0 Å². The summed E-state index contributed by atoms with van der Waals surface area (Å²) >= 11 is 0. The summed E-state index contributed by atoms with van der Waals surface area (Å²) in [6.07, 6.45) is -1.41. The van der Waals surface area contributed by atoms with Gasteiger partial charge in [0.2, 0.25) is 0 Å². The summed E-state index contributed by atoms with van der Waals surface area (Å²) in [5.41, 5.74) is 0.403. The summed E-state index contributed by atoms with van der Waals surface area (Å²) in [5, 5.41) is 17.4. The zero-order valence-electron chi connectivity index (χ0n) is 5.77. The van der Waals surface area contributed by atoms with Gasteiger partial charge in [-0.2, -0.15) is 0 Å². The van der Waals surface area contributed by atoms with Crippen LogP contribution in [0, 0.1) is 0 Å². The summed E-state index contributed by atoms with van der Waals surface area (Å²) in [4.78, 5) is 10.2. The van der Waals surface area contributed by atoms with E-state index in [2.05, 4.69) is 0 Å². The molecule has 0 radical (unpaired) electrons. The molecule has 1 aromatic rings. The molecule has 0 fully saturated rings. The van der Waals surface area contributed by atoms with Gasteiger partial charge in [-0.25, -0.2) is 4.79 Å². The molecule has 62 valence electrons. The quantitative estimate of drug-likeness (QED) is 0.711. The maximum atomic E-state index is 10.2. The Bertz CT molecular complexity index is 248. The third-order valence-corrected chi connectivity index (χ3v) is 1.35. The second-order valence-corrected chi connectivity index (χ2v) is 2.15. The van der Waals surface area contributed by atoms with E-state index in [4.69, 9.17) is 10.2 Å². The summed E-state index contributed by atoms with van der Waals surface area (Å²) in [5.74, 6) is -1.23. The van der Waals surface area contributed by atoms with E-state index in [0.29, 0.717) is 5.56 Å². The van der Waals surface area contributed by atoms with Gasteiger partial charge in [-0.3, -0.25) is 0 Å². The van der Waals surface area contributed by atoms with Gasteiger partial charge < -0.3 is 10.2 Å². The van der Waals surface area contributed by atoms with Crippen LogP contribution in [0.15, 0.2) is 30.3 Å². The second kappa shape index (κ2) is 5.72. The Morgan fingerprint density at radius 2 is 1.75 bits per heavy atom. The van der Waals surface area contributed by atoms with Crippen molar-refractivity contribution in [1.82, 2.24) is 0 Å². The molecule has 0 aromatic heterocycles. The van der Waals surface area contributed by atoms with Crippen molar-refractivity contribution in [2.45, 2.75) is 6.10 Å². The van der Waals surface area contributed by atoms with Crippen LogP contribution in [0.1, 0.15) is 11.7 Å². The van der Waals surface area contributed by atoms with Gasteiger partial charge in [0.05, 0.1) is 0 Å². The van der Waals surface area contributed by atoms with Crippen LogP contribution < -0.4 is 0 Å². The molecule has 12 heavy (non-hydrogen) atoms. The molecule has 0 amide bonds. The first-order valence-electron chi connectivity index (χ1n) is 3.17. The minimum absolute atomic E-state index is 0. The monoisotopic (exact) mass is 242 g/mol. The molecule has 0 aliphatic heterocycles. The topological polar surface area (TPSA) is 57.5 Å². The summed E-state index contributed by atoms with van der Waals surface area (Å²) < 4.78 is 0. The Morgan fingerprint density at radius 3 is 2.17 bits per heavy atom. The van der Waals surface area contributed by atoms with E-state index in [1.165, 1.54) is 0 Å². The Balaban J connectivity index is 0.00000121.